The molecule has 5 aliphatic carbocycles. The van der Waals surface area contributed by atoms with Crippen LogP contribution in [-0.2, 0) is 14.4 Å². The number of nitrogens with zero attached hydrogens (tertiary/aromatic N) is 1. The number of allylic oxidation sites excluding steroid dienone is 4. The molecule has 200 valence electrons. The second-order valence-corrected chi connectivity index (χ2v) is 15.1. The van der Waals surface area contributed by atoms with Gasteiger partial charge in [-0.1, -0.05) is 60.1 Å². The van der Waals surface area contributed by atoms with Crippen LogP contribution in [0.25, 0.3) is 0 Å². The molecule has 1 N–H and O–H groups in total. The summed E-state index contributed by atoms with van der Waals surface area (Å²) in [6.07, 6.45) is 10.3. The summed E-state index contributed by atoms with van der Waals surface area (Å²) >= 11 is 0. The number of Topliss-reactive ketones (excluding diaryl/α,β-unsaturated/α-hetero) is 1. The molecule has 5 heteroatoms. The zero-order valence-corrected chi connectivity index (χ0v) is 24.0. The molecule has 3 saturated carbocycles. The molecule has 0 aromatic carbocycles. The smallest absolute Gasteiger partial charge is 0.217 e. The van der Waals surface area contributed by atoms with Crippen molar-refractivity contribution in [3.05, 3.63) is 23.3 Å². The maximum absolute atomic E-state index is 14.4. The first-order chi connectivity index (χ1) is 17.0. The molecule has 0 aromatic heterocycles. The lowest BCUT2D eigenvalue weighted by molar-refractivity contribution is -0.163. The Morgan fingerprint density at radius 3 is 2.27 bits per heavy atom. The van der Waals surface area contributed by atoms with E-state index in [-0.39, 0.29) is 62.6 Å². The molecule has 37 heavy (non-hydrogen) atoms. The molecule has 0 spiro atoms. The Morgan fingerprint density at radius 2 is 1.65 bits per heavy atom. The van der Waals surface area contributed by atoms with Crippen molar-refractivity contribution < 1.29 is 14.4 Å². The van der Waals surface area contributed by atoms with Gasteiger partial charge in [0.25, 0.3) is 0 Å². The van der Waals surface area contributed by atoms with Crippen molar-refractivity contribution >= 4 is 17.5 Å². The van der Waals surface area contributed by atoms with Gasteiger partial charge in [-0.2, -0.15) is 5.26 Å². The largest absolute Gasteiger partial charge is 0.351 e. The molecule has 7 atom stereocenters. The Kier molecular flexibility index (Phi) is 5.47. The van der Waals surface area contributed by atoms with Crippen LogP contribution >= 0.6 is 0 Å². The van der Waals surface area contributed by atoms with E-state index in [0.29, 0.717) is 0 Å². The molecule has 0 aromatic rings. The number of nitrogens with one attached hydrogen (secondary N) is 1. The van der Waals surface area contributed by atoms with Crippen LogP contribution in [0.1, 0.15) is 100 Å². The van der Waals surface area contributed by atoms with E-state index in [1.807, 2.05) is 26.0 Å². The lowest BCUT2D eigenvalue weighted by Crippen LogP contribution is -2.69. The van der Waals surface area contributed by atoms with Crippen LogP contribution in [0.15, 0.2) is 23.3 Å². The van der Waals surface area contributed by atoms with Crippen molar-refractivity contribution in [1.82, 2.24) is 5.32 Å². The van der Waals surface area contributed by atoms with Crippen molar-refractivity contribution in [2.75, 3.05) is 0 Å². The molecular weight excluding hydrogens is 460 g/mol. The van der Waals surface area contributed by atoms with E-state index >= 15 is 0 Å². The molecule has 5 nitrogen and oxygen atoms in total. The quantitative estimate of drug-likeness (QED) is 0.468. The summed E-state index contributed by atoms with van der Waals surface area (Å²) in [4.78, 5) is 40.0. The van der Waals surface area contributed by atoms with E-state index in [2.05, 4.69) is 46.0 Å². The summed E-state index contributed by atoms with van der Waals surface area (Å²) in [6, 6.07) is 2.18. The van der Waals surface area contributed by atoms with Gasteiger partial charge in [0.1, 0.15) is 6.07 Å². The Balaban J connectivity index is 1.69. The van der Waals surface area contributed by atoms with Crippen LogP contribution < -0.4 is 5.32 Å². The van der Waals surface area contributed by atoms with Crippen molar-refractivity contribution in [3.63, 3.8) is 0 Å². The molecule has 0 saturated heterocycles. The standard InChI is InChI=1S/C32H44N2O3/c1-19(35)34-32-13-11-27(2,3)17-21(32)25-22(36)15-24-29(6)16-20(18-33)26(37)28(4,5)23(29)9-10-30(24,7)31(25,8)12-14-32/h15-16,21,23,25H,9-14,17H2,1-8H3,(H,34,35)/t21-,23+,25?,29?,30-,31-,32+/m1/s1. The van der Waals surface area contributed by atoms with E-state index in [9.17, 15) is 19.6 Å². The van der Waals surface area contributed by atoms with Gasteiger partial charge in [0.05, 0.1) is 5.57 Å². The van der Waals surface area contributed by atoms with Crippen LogP contribution in [0.4, 0.5) is 0 Å². The summed E-state index contributed by atoms with van der Waals surface area (Å²) in [5.74, 6) is 0.0916. The van der Waals surface area contributed by atoms with E-state index in [0.717, 1.165) is 50.5 Å². The average Bonchev–Trinajstić information content (AvgIpc) is 2.78. The highest BCUT2D eigenvalue weighted by Crippen LogP contribution is 2.73. The highest BCUT2D eigenvalue weighted by Gasteiger charge is 2.69. The summed E-state index contributed by atoms with van der Waals surface area (Å²) in [7, 11) is 0. The number of nitriles is 1. The van der Waals surface area contributed by atoms with E-state index in [1.54, 1.807) is 6.92 Å². The van der Waals surface area contributed by atoms with Gasteiger partial charge < -0.3 is 5.32 Å². The summed E-state index contributed by atoms with van der Waals surface area (Å²) < 4.78 is 0. The fourth-order valence-electron chi connectivity index (χ4n) is 10.2. The van der Waals surface area contributed by atoms with Crippen molar-refractivity contribution in [3.8, 4) is 6.07 Å². The van der Waals surface area contributed by atoms with E-state index in [1.165, 1.54) is 0 Å². The summed E-state index contributed by atoms with van der Waals surface area (Å²) in [6.45, 7) is 17.0. The Morgan fingerprint density at radius 1 is 1.00 bits per heavy atom. The van der Waals surface area contributed by atoms with Crippen molar-refractivity contribution in [1.29, 1.82) is 5.26 Å². The monoisotopic (exact) mass is 504 g/mol. The number of carbonyl (C=O) groups is 3. The minimum atomic E-state index is -0.655. The zero-order chi connectivity index (χ0) is 27.4. The second kappa shape index (κ2) is 7.67. The lowest BCUT2D eigenvalue weighted by Gasteiger charge is -2.69. The van der Waals surface area contributed by atoms with Gasteiger partial charge >= 0.3 is 0 Å². The van der Waals surface area contributed by atoms with Crippen LogP contribution in [0, 0.1) is 56.2 Å². The molecular formula is C32H44N2O3. The molecule has 0 bridgehead atoms. The van der Waals surface area contributed by atoms with Crippen LogP contribution in [-0.4, -0.2) is 23.0 Å². The normalized spacial score (nSPS) is 45.6. The number of ketones is 2. The van der Waals surface area contributed by atoms with Crippen LogP contribution in [0.3, 0.4) is 0 Å². The lowest BCUT2D eigenvalue weighted by atomic mass is 9.35. The number of rotatable bonds is 1. The maximum atomic E-state index is 14.4. The van der Waals surface area contributed by atoms with E-state index < -0.39 is 10.8 Å². The van der Waals surface area contributed by atoms with Crippen molar-refractivity contribution in [2.45, 2.75) is 106 Å². The van der Waals surface area contributed by atoms with Gasteiger partial charge in [0, 0.05) is 29.2 Å². The predicted molar refractivity (Wildman–Crippen MR) is 143 cm³/mol. The summed E-state index contributed by atoms with van der Waals surface area (Å²) in [5, 5.41) is 13.2. The molecule has 0 heterocycles. The zero-order valence-electron chi connectivity index (χ0n) is 24.0. The first-order valence-electron chi connectivity index (χ1n) is 14.2. The molecule has 1 amide bonds. The van der Waals surface area contributed by atoms with Gasteiger partial charge in [-0.15, -0.1) is 0 Å². The number of hydrogen-bond acceptors (Lipinski definition) is 4. The highest BCUT2D eigenvalue weighted by molar-refractivity contribution is 6.04. The number of carbonyl (C=O) groups excluding carboxylic acids is 3. The van der Waals surface area contributed by atoms with Gasteiger partial charge in [0.2, 0.25) is 5.91 Å². The fourth-order valence-corrected chi connectivity index (χ4v) is 10.2. The third-order valence-electron chi connectivity index (χ3n) is 12.3. The Hall–Kier alpha value is -2.22. The van der Waals surface area contributed by atoms with Crippen molar-refractivity contribution in [2.24, 2.45) is 44.8 Å². The Bertz CT molecular complexity index is 1200. The van der Waals surface area contributed by atoms with Gasteiger partial charge in [0.15, 0.2) is 11.6 Å². The van der Waals surface area contributed by atoms with Crippen LogP contribution in [0.2, 0.25) is 0 Å². The van der Waals surface area contributed by atoms with Gasteiger partial charge in [-0.25, -0.2) is 0 Å². The molecule has 0 aliphatic heterocycles. The average molecular weight is 505 g/mol. The molecule has 2 unspecified atom stereocenters. The minimum Gasteiger partial charge on any atom is -0.351 e. The molecule has 5 rings (SSSR count). The van der Waals surface area contributed by atoms with Crippen LogP contribution in [0.5, 0.6) is 0 Å². The van der Waals surface area contributed by atoms with E-state index in [4.69, 9.17) is 0 Å². The first-order valence-corrected chi connectivity index (χ1v) is 14.2. The van der Waals surface area contributed by atoms with Gasteiger partial charge in [-0.05, 0) is 79.1 Å². The number of amides is 1. The second-order valence-electron chi connectivity index (χ2n) is 15.1. The molecule has 3 fully saturated rings. The molecule has 5 aliphatic rings. The SMILES string of the molecule is CC(=O)N[C@]12CCC(C)(C)C[C@@H]1C1C(=O)C=C3C4(C)C=C(C#N)C(=O)C(C)(C)[C@@H]4CC[C@@]3(C)[C@]1(C)CC2. The number of hydrogen-bond donors (Lipinski definition) is 1. The predicted octanol–water partition coefficient (Wildman–Crippen LogP) is 6.09. The minimum absolute atomic E-state index is 0.00435. The third-order valence-corrected chi connectivity index (χ3v) is 12.3. The third kappa shape index (κ3) is 3.29. The Labute approximate surface area is 222 Å². The first kappa shape index (κ1) is 26.4. The van der Waals surface area contributed by atoms with Gasteiger partial charge in [-0.3, -0.25) is 14.4 Å². The molecule has 0 radical (unpaired) electrons. The maximum Gasteiger partial charge on any atom is 0.217 e. The number of fused-ring (bicyclic) bond motifs is 7. The summed E-state index contributed by atoms with van der Waals surface area (Å²) in [5.41, 5.74) is -0.501. The highest BCUT2D eigenvalue weighted by atomic mass is 16.1. The topological polar surface area (TPSA) is 87.0 Å². The fraction of sp³-hybridized carbons (Fsp3) is 0.750.